The Balaban J connectivity index is 0.00000243. The molecule has 3 N–H and O–H groups in total. The molecule has 0 spiro atoms. The van der Waals surface area contributed by atoms with Crippen molar-refractivity contribution < 1.29 is 4.74 Å². The van der Waals surface area contributed by atoms with Crippen LogP contribution in [0.4, 0.5) is 5.69 Å². The van der Waals surface area contributed by atoms with Crippen LogP contribution in [0.1, 0.15) is 32.1 Å². The Morgan fingerprint density at radius 3 is 2.62 bits per heavy atom. The predicted octanol–water partition coefficient (Wildman–Crippen LogP) is 3.79. The van der Waals surface area contributed by atoms with E-state index in [1.807, 2.05) is 24.3 Å². The number of aliphatic imine (C=N–C) groups is 1. The number of hydrogen-bond acceptors (Lipinski definition) is 4. The lowest BCUT2D eigenvalue weighted by Gasteiger charge is -2.47. The molecule has 2 fully saturated rings. The molecule has 0 unspecified atom stereocenters. The zero-order chi connectivity index (χ0) is 17.5. The summed E-state index contributed by atoms with van der Waals surface area (Å²) >= 11 is 2.06. The van der Waals surface area contributed by atoms with Crippen LogP contribution in [-0.4, -0.2) is 54.6 Å². The van der Waals surface area contributed by atoms with E-state index in [4.69, 9.17) is 15.5 Å². The summed E-state index contributed by atoms with van der Waals surface area (Å²) in [6.45, 7) is 3.14. The second-order valence-electron chi connectivity index (χ2n) is 6.91. The zero-order valence-corrected chi connectivity index (χ0v) is 18.7. The summed E-state index contributed by atoms with van der Waals surface area (Å²) in [4.78, 5) is 7.43. The minimum absolute atomic E-state index is 0. The van der Waals surface area contributed by atoms with Crippen LogP contribution in [0.2, 0.25) is 0 Å². The molecule has 7 heteroatoms. The van der Waals surface area contributed by atoms with E-state index in [-0.39, 0.29) is 29.5 Å². The SMILES string of the molecule is COc1ccccc1NC(N)=NCC1(N2CCSCC2)CCCCC1.I. The molecule has 1 aliphatic carbocycles. The number of anilines is 1. The topological polar surface area (TPSA) is 62.9 Å². The number of benzene rings is 1. The van der Waals surface area contributed by atoms with Gasteiger partial charge in [0.1, 0.15) is 5.75 Å². The highest BCUT2D eigenvalue weighted by Crippen LogP contribution is 2.35. The Labute approximate surface area is 178 Å². The third kappa shape index (κ3) is 5.42. The predicted molar refractivity (Wildman–Crippen MR) is 123 cm³/mol. The van der Waals surface area contributed by atoms with E-state index in [0.29, 0.717) is 5.96 Å². The first-order valence-electron chi connectivity index (χ1n) is 9.26. The molecule has 1 saturated heterocycles. The van der Waals surface area contributed by atoms with Crippen LogP contribution in [0.3, 0.4) is 0 Å². The van der Waals surface area contributed by atoms with Crippen molar-refractivity contribution >= 4 is 47.4 Å². The average Bonchev–Trinajstić information content (AvgIpc) is 2.68. The summed E-state index contributed by atoms with van der Waals surface area (Å²) in [5, 5.41) is 3.20. The van der Waals surface area contributed by atoms with Crippen molar-refractivity contribution in [3.63, 3.8) is 0 Å². The molecule has 0 atom stereocenters. The molecule has 5 nitrogen and oxygen atoms in total. The number of rotatable bonds is 5. The van der Waals surface area contributed by atoms with Gasteiger partial charge in [0.05, 0.1) is 19.3 Å². The Morgan fingerprint density at radius 2 is 1.92 bits per heavy atom. The van der Waals surface area contributed by atoms with Gasteiger partial charge in [0.25, 0.3) is 0 Å². The van der Waals surface area contributed by atoms with Gasteiger partial charge in [-0.1, -0.05) is 31.4 Å². The van der Waals surface area contributed by atoms with E-state index in [9.17, 15) is 0 Å². The second-order valence-corrected chi connectivity index (χ2v) is 8.14. The lowest BCUT2D eigenvalue weighted by Crippen LogP contribution is -2.55. The van der Waals surface area contributed by atoms with Crippen LogP contribution in [-0.2, 0) is 0 Å². The summed E-state index contributed by atoms with van der Waals surface area (Å²) in [7, 11) is 1.67. The van der Waals surface area contributed by atoms with Crippen molar-refractivity contribution in [1.82, 2.24) is 4.90 Å². The first kappa shape index (κ1) is 21.6. The number of halogens is 1. The first-order valence-corrected chi connectivity index (χ1v) is 10.4. The molecule has 0 amide bonds. The highest BCUT2D eigenvalue weighted by Gasteiger charge is 2.38. The van der Waals surface area contributed by atoms with E-state index >= 15 is 0 Å². The Bertz CT molecular complexity index is 587. The van der Waals surface area contributed by atoms with Crippen molar-refractivity contribution in [3.8, 4) is 5.75 Å². The standard InChI is InChI=1S/C19H30N4OS.HI/c1-24-17-8-4-3-7-16(17)22-18(20)21-15-19(9-5-2-6-10-19)23-11-13-25-14-12-23;/h3-4,7-8H,2,5-6,9-15H2,1H3,(H3,20,21,22);1H. The molecule has 2 aliphatic rings. The van der Waals surface area contributed by atoms with Gasteiger partial charge in [0.2, 0.25) is 0 Å². The van der Waals surface area contributed by atoms with Gasteiger partial charge in [0.15, 0.2) is 5.96 Å². The fourth-order valence-corrected chi connectivity index (χ4v) is 4.88. The van der Waals surface area contributed by atoms with Crippen LogP contribution < -0.4 is 15.8 Å². The van der Waals surface area contributed by atoms with Gasteiger partial charge in [-0.05, 0) is 25.0 Å². The van der Waals surface area contributed by atoms with Gasteiger partial charge in [-0.25, -0.2) is 0 Å². The van der Waals surface area contributed by atoms with E-state index < -0.39 is 0 Å². The molecule has 26 heavy (non-hydrogen) atoms. The maximum atomic E-state index is 6.20. The number of ether oxygens (including phenoxy) is 1. The number of nitrogens with one attached hydrogen (secondary N) is 1. The molecular weight excluding hydrogens is 459 g/mol. The second kappa shape index (κ2) is 10.6. The quantitative estimate of drug-likeness (QED) is 0.374. The van der Waals surface area contributed by atoms with Gasteiger partial charge in [-0.15, -0.1) is 24.0 Å². The summed E-state index contributed by atoms with van der Waals surface area (Å²) in [5.41, 5.74) is 7.26. The van der Waals surface area contributed by atoms with Gasteiger partial charge < -0.3 is 15.8 Å². The summed E-state index contributed by atoms with van der Waals surface area (Å²) < 4.78 is 5.37. The molecular formula is C19H31IN4OS. The smallest absolute Gasteiger partial charge is 0.193 e. The highest BCUT2D eigenvalue weighted by atomic mass is 127. The minimum Gasteiger partial charge on any atom is -0.495 e. The van der Waals surface area contributed by atoms with Crippen molar-refractivity contribution in [2.24, 2.45) is 10.7 Å². The summed E-state index contributed by atoms with van der Waals surface area (Å²) in [6, 6.07) is 7.79. The van der Waals surface area contributed by atoms with E-state index in [0.717, 1.165) is 18.0 Å². The largest absolute Gasteiger partial charge is 0.495 e. The molecule has 1 heterocycles. The Morgan fingerprint density at radius 1 is 1.23 bits per heavy atom. The number of methoxy groups -OCH3 is 1. The third-order valence-electron chi connectivity index (χ3n) is 5.38. The number of guanidine groups is 1. The zero-order valence-electron chi connectivity index (χ0n) is 15.6. The first-order chi connectivity index (χ1) is 12.2. The summed E-state index contributed by atoms with van der Waals surface area (Å²) in [5.74, 6) is 3.72. The van der Waals surface area contributed by atoms with Gasteiger partial charge in [0, 0.05) is 30.1 Å². The van der Waals surface area contributed by atoms with Crippen molar-refractivity contribution in [2.75, 3.05) is 43.6 Å². The van der Waals surface area contributed by atoms with Crippen LogP contribution in [0.5, 0.6) is 5.75 Å². The fourth-order valence-electron chi connectivity index (χ4n) is 3.98. The molecule has 1 aromatic rings. The molecule has 0 aromatic heterocycles. The lowest BCUT2D eigenvalue weighted by molar-refractivity contribution is 0.0673. The molecule has 0 bridgehead atoms. The fraction of sp³-hybridized carbons (Fsp3) is 0.632. The van der Waals surface area contributed by atoms with E-state index in [1.165, 1.54) is 56.7 Å². The molecule has 3 rings (SSSR count). The highest BCUT2D eigenvalue weighted by molar-refractivity contribution is 14.0. The van der Waals surface area contributed by atoms with Crippen molar-refractivity contribution in [3.05, 3.63) is 24.3 Å². The number of nitrogens with two attached hydrogens (primary N) is 1. The Kier molecular flexibility index (Phi) is 8.83. The van der Waals surface area contributed by atoms with Gasteiger partial charge in [-0.2, -0.15) is 11.8 Å². The van der Waals surface area contributed by atoms with E-state index in [2.05, 4.69) is 22.0 Å². The van der Waals surface area contributed by atoms with E-state index in [1.54, 1.807) is 7.11 Å². The molecule has 0 radical (unpaired) electrons. The Hall–Kier alpha value is -0.670. The maximum absolute atomic E-state index is 6.20. The van der Waals surface area contributed by atoms with Crippen LogP contribution in [0, 0.1) is 0 Å². The monoisotopic (exact) mass is 490 g/mol. The molecule has 1 aliphatic heterocycles. The van der Waals surface area contributed by atoms with Crippen LogP contribution >= 0.6 is 35.7 Å². The normalized spacial score (nSPS) is 20.9. The number of hydrogen-bond donors (Lipinski definition) is 2. The molecule has 146 valence electrons. The molecule has 1 saturated carbocycles. The van der Waals surface area contributed by atoms with Crippen LogP contribution in [0.25, 0.3) is 0 Å². The molecule has 1 aromatic carbocycles. The van der Waals surface area contributed by atoms with Crippen molar-refractivity contribution in [2.45, 2.75) is 37.6 Å². The van der Waals surface area contributed by atoms with Crippen molar-refractivity contribution in [1.29, 1.82) is 0 Å². The average molecular weight is 490 g/mol. The minimum atomic E-state index is 0. The number of para-hydroxylation sites is 2. The van der Waals surface area contributed by atoms with Crippen LogP contribution in [0.15, 0.2) is 29.3 Å². The van der Waals surface area contributed by atoms with Gasteiger partial charge >= 0.3 is 0 Å². The number of thioether (sulfide) groups is 1. The maximum Gasteiger partial charge on any atom is 0.193 e. The number of nitrogens with zero attached hydrogens (tertiary/aromatic N) is 2. The lowest BCUT2D eigenvalue weighted by atomic mass is 9.80. The van der Waals surface area contributed by atoms with Gasteiger partial charge in [-0.3, -0.25) is 9.89 Å². The third-order valence-corrected chi connectivity index (χ3v) is 6.32. The summed E-state index contributed by atoms with van der Waals surface area (Å²) in [6.07, 6.45) is 6.44.